The van der Waals surface area contributed by atoms with E-state index in [1.807, 2.05) is 6.07 Å². The Kier molecular flexibility index (Phi) is 2.70. The standard InChI is InChI=1S/C9H9N3O2/c10-4-5-1-2-7(11)6(3-5)8(12)9(13)14/h1-3,8H,11-12H2,(H,13,14). The molecule has 0 aliphatic carbocycles. The van der Waals surface area contributed by atoms with Crippen molar-refractivity contribution in [2.24, 2.45) is 5.73 Å². The molecular formula is C9H9N3O2. The highest BCUT2D eigenvalue weighted by molar-refractivity contribution is 5.78. The Morgan fingerprint density at radius 2 is 2.21 bits per heavy atom. The van der Waals surface area contributed by atoms with E-state index in [1.54, 1.807) is 0 Å². The quantitative estimate of drug-likeness (QED) is 0.579. The number of carbonyl (C=O) groups is 1. The molecule has 0 aliphatic heterocycles. The summed E-state index contributed by atoms with van der Waals surface area (Å²) in [5, 5.41) is 17.3. The first-order valence-corrected chi connectivity index (χ1v) is 3.84. The third-order valence-electron chi connectivity index (χ3n) is 1.82. The van der Waals surface area contributed by atoms with Gasteiger partial charge in [-0.15, -0.1) is 0 Å². The molecule has 0 saturated heterocycles. The van der Waals surface area contributed by atoms with E-state index in [1.165, 1.54) is 18.2 Å². The summed E-state index contributed by atoms with van der Waals surface area (Å²) in [4.78, 5) is 10.6. The van der Waals surface area contributed by atoms with Gasteiger partial charge in [0.25, 0.3) is 0 Å². The number of carboxylic acid groups (broad SMARTS) is 1. The summed E-state index contributed by atoms with van der Waals surface area (Å²) >= 11 is 0. The van der Waals surface area contributed by atoms with E-state index in [9.17, 15) is 4.79 Å². The molecule has 0 amide bonds. The lowest BCUT2D eigenvalue weighted by Gasteiger charge is -2.09. The minimum Gasteiger partial charge on any atom is -0.480 e. The number of nitrogens with two attached hydrogens (primary N) is 2. The SMILES string of the molecule is N#Cc1ccc(N)c(C(N)C(=O)O)c1. The highest BCUT2D eigenvalue weighted by atomic mass is 16.4. The number of nitrogen functional groups attached to an aromatic ring is 1. The van der Waals surface area contributed by atoms with Gasteiger partial charge in [0.2, 0.25) is 0 Å². The highest BCUT2D eigenvalue weighted by Gasteiger charge is 2.17. The summed E-state index contributed by atoms with van der Waals surface area (Å²) in [5.41, 5.74) is 11.8. The van der Waals surface area contributed by atoms with Crippen LogP contribution in [0, 0.1) is 11.3 Å². The third-order valence-corrected chi connectivity index (χ3v) is 1.82. The molecule has 0 spiro atoms. The Morgan fingerprint density at radius 1 is 1.57 bits per heavy atom. The summed E-state index contributed by atoms with van der Waals surface area (Å²) in [6, 6.07) is 5.05. The van der Waals surface area contributed by atoms with Gasteiger partial charge in [0.15, 0.2) is 0 Å². The van der Waals surface area contributed by atoms with Crippen LogP contribution < -0.4 is 11.5 Å². The van der Waals surface area contributed by atoms with E-state index < -0.39 is 12.0 Å². The van der Waals surface area contributed by atoms with Crippen molar-refractivity contribution in [2.75, 3.05) is 5.73 Å². The minimum atomic E-state index is -1.19. The summed E-state index contributed by atoms with van der Waals surface area (Å²) in [6.07, 6.45) is 0. The van der Waals surface area contributed by atoms with Crippen LogP contribution in [0.5, 0.6) is 0 Å². The number of nitriles is 1. The summed E-state index contributed by atoms with van der Waals surface area (Å²) in [6.45, 7) is 0. The van der Waals surface area contributed by atoms with Crippen molar-refractivity contribution in [2.45, 2.75) is 6.04 Å². The molecule has 1 unspecified atom stereocenters. The fraction of sp³-hybridized carbons (Fsp3) is 0.111. The average molecular weight is 191 g/mol. The molecule has 0 fully saturated rings. The molecule has 0 bridgehead atoms. The van der Waals surface area contributed by atoms with E-state index >= 15 is 0 Å². The number of aliphatic carboxylic acids is 1. The monoisotopic (exact) mass is 191 g/mol. The molecule has 5 N–H and O–H groups in total. The zero-order chi connectivity index (χ0) is 10.7. The van der Waals surface area contributed by atoms with E-state index in [0.29, 0.717) is 5.56 Å². The number of benzene rings is 1. The van der Waals surface area contributed by atoms with Gasteiger partial charge in [0.05, 0.1) is 11.6 Å². The molecule has 1 aromatic carbocycles. The first kappa shape index (κ1) is 10.0. The van der Waals surface area contributed by atoms with Crippen LogP contribution in [0.4, 0.5) is 5.69 Å². The van der Waals surface area contributed by atoms with Crippen molar-refractivity contribution in [3.63, 3.8) is 0 Å². The second kappa shape index (κ2) is 3.77. The molecular weight excluding hydrogens is 182 g/mol. The molecule has 0 heterocycles. The van der Waals surface area contributed by atoms with Crippen molar-refractivity contribution in [1.82, 2.24) is 0 Å². The summed E-state index contributed by atoms with van der Waals surface area (Å²) < 4.78 is 0. The molecule has 0 saturated carbocycles. The predicted octanol–water partition coefficient (Wildman–Crippen LogP) is 0.225. The van der Waals surface area contributed by atoms with E-state index in [-0.39, 0.29) is 11.3 Å². The number of nitrogens with zero attached hydrogens (tertiary/aromatic N) is 1. The topological polar surface area (TPSA) is 113 Å². The minimum absolute atomic E-state index is 0.261. The van der Waals surface area contributed by atoms with Crippen molar-refractivity contribution in [3.05, 3.63) is 29.3 Å². The first-order valence-electron chi connectivity index (χ1n) is 3.84. The highest BCUT2D eigenvalue weighted by Crippen LogP contribution is 2.20. The van der Waals surface area contributed by atoms with Gasteiger partial charge in [0.1, 0.15) is 6.04 Å². The van der Waals surface area contributed by atoms with Gasteiger partial charge in [0, 0.05) is 11.3 Å². The van der Waals surface area contributed by atoms with Gasteiger partial charge in [-0.3, -0.25) is 4.79 Å². The number of hydrogen-bond donors (Lipinski definition) is 3. The molecule has 0 aromatic heterocycles. The van der Waals surface area contributed by atoms with Crippen LogP contribution in [0.15, 0.2) is 18.2 Å². The second-order valence-electron chi connectivity index (χ2n) is 2.77. The van der Waals surface area contributed by atoms with Gasteiger partial charge in [-0.05, 0) is 18.2 Å². The molecule has 1 aromatic rings. The van der Waals surface area contributed by atoms with Gasteiger partial charge in [-0.1, -0.05) is 0 Å². The summed E-state index contributed by atoms with van der Waals surface area (Å²) in [5.74, 6) is -1.17. The van der Waals surface area contributed by atoms with E-state index in [0.717, 1.165) is 0 Å². The van der Waals surface area contributed by atoms with Crippen LogP contribution in [0.3, 0.4) is 0 Å². The van der Waals surface area contributed by atoms with Crippen LogP contribution in [-0.2, 0) is 4.79 Å². The molecule has 1 atom stereocenters. The Bertz CT molecular complexity index is 409. The van der Waals surface area contributed by atoms with E-state index in [4.69, 9.17) is 21.8 Å². The normalized spacial score (nSPS) is 11.7. The van der Waals surface area contributed by atoms with Crippen LogP contribution in [0.2, 0.25) is 0 Å². The summed E-state index contributed by atoms with van der Waals surface area (Å²) in [7, 11) is 0. The Hall–Kier alpha value is -2.06. The van der Waals surface area contributed by atoms with Crippen LogP contribution >= 0.6 is 0 Å². The van der Waals surface area contributed by atoms with Gasteiger partial charge in [-0.2, -0.15) is 5.26 Å². The molecule has 14 heavy (non-hydrogen) atoms. The predicted molar refractivity (Wildman–Crippen MR) is 50.1 cm³/mol. The van der Waals surface area contributed by atoms with Crippen molar-refractivity contribution >= 4 is 11.7 Å². The zero-order valence-electron chi connectivity index (χ0n) is 7.27. The Morgan fingerprint density at radius 3 is 2.71 bits per heavy atom. The number of rotatable bonds is 2. The second-order valence-corrected chi connectivity index (χ2v) is 2.77. The molecule has 5 heteroatoms. The number of anilines is 1. The van der Waals surface area contributed by atoms with Crippen LogP contribution in [0.1, 0.15) is 17.2 Å². The average Bonchev–Trinajstić information content (AvgIpc) is 2.17. The number of hydrogen-bond acceptors (Lipinski definition) is 4. The van der Waals surface area contributed by atoms with Crippen molar-refractivity contribution in [1.29, 1.82) is 5.26 Å². The van der Waals surface area contributed by atoms with E-state index in [2.05, 4.69) is 0 Å². The maximum absolute atomic E-state index is 10.6. The maximum Gasteiger partial charge on any atom is 0.325 e. The van der Waals surface area contributed by atoms with Crippen LogP contribution in [-0.4, -0.2) is 11.1 Å². The van der Waals surface area contributed by atoms with Gasteiger partial charge in [-0.25, -0.2) is 0 Å². The number of carboxylic acids is 1. The maximum atomic E-state index is 10.6. The lowest BCUT2D eigenvalue weighted by atomic mass is 10.0. The smallest absolute Gasteiger partial charge is 0.325 e. The Balaban J connectivity index is 3.20. The lowest BCUT2D eigenvalue weighted by Crippen LogP contribution is -2.21. The fourth-order valence-electron chi connectivity index (χ4n) is 1.05. The van der Waals surface area contributed by atoms with Gasteiger partial charge < -0.3 is 16.6 Å². The van der Waals surface area contributed by atoms with Crippen molar-refractivity contribution < 1.29 is 9.90 Å². The molecule has 0 aliphatic rings. The molecule has 1 rings (SSSR count). The molecule has 72 valence electrons. The fourth-order valence-corrected chi connectivity index (χ4v) is 1.05. The first-order chi connectivity index (χ1) is 6.56. The molecule has 0 radical (unpaired) electrons. The lowest BCUT2D eigenvalue weighted by molar-refractivity contribution is -0.138. The van der Waals surface area contributed by atoms with Gasteiger partial charge >= 0.3 is 5.97 Å². The zero-order valence-corrected chi connectivity index (χ0v) is 7.27. The Labute approximate surface area is 80.6 Å². The van der Waals surface area contributed by atoms with Crippen molar-refractivity contribution in [3.8, 4) is 6.07 Å². The molecule has 5 nitrogen and oxygen atoms in total. The van der Waals surface area contributed by atoms with Crippen LogP contribution in [0.25, 0.3) is 0 Å². The largest absolute Gasteiger partial charge is 0.480 e. The third kappa shape index (κ3) is 1.81.